The van der Waals surface area contributed by atoms with E-state index in [9.17, 15) is 9.18 Å². The van der Waals surface area contributed by atoms with Gasteiger partial charge in [0, 0.05) is 12.0 Å². The van der Waals surface area contributed by atoms with Gasteiger partial charge >= 0.3 is 0 Å². The van der Waals surface area contributed by atoms with Crippen LogP contribution in [0.4, 0.5) is 10.1 Å². The van der Waals surface area contributed by atoms with Gasteiger partial charge in [-0.05, 0) is 18.6 Å². The highest BCUT2D eigenvalue weighted by Gasteiger charge is 2.14. The number of anilines is 1. The van der Waals surface area contributed by atoms with E-state index in [0.29, 0.717) is 11.4 Å². The molecule has 1 amide bonds. The largest absolute Gasteiger partial charge is 0.494 e. The minimum absolute atomic E-state index is 0.0604. The fraction of sp³-hybridized carbons (Fsp3) is 0.462. The fourth-order valence-corrected chi connectivity index (χ4v) is 1.59. The van der Waals surface area contributed by atoms with Gasteiger partial charge < -0.3 is 10.1 Å². The van der Waals surface area contributed by atoms with Crippen LogP contribution in [0.15, 0.2) is 18.2 Å². The lowest BCUT2D eigenvalue weighted by Crippen LogP contribution is -2.20. The maximum absolute atomic E-state index is 13.0. The first-order chi connectivity index (χ1) is 8.08. The molecule has 0 fully saturated rings. The van der Waals surface area contributed by atoms with Gasteiger partial charge in [-0.3, -0.25) is 4.79 Å². The molecule has 4 heteroatoms. The van der Waals surface area contributed by atoms with Gasteiger partial charge in [0.25, 0.3) is 0 Å². The summed E-state index contributed by atoms with van der Waals surface area (Å²) in [5, 5.41) is 2.74. The van der Waals surface area contributed by atoms with E-state index in [2.05, 4.69) is 5.32 Å². The molecule has 3 nitrogen and oxygen atoms in total. The van der Waals surface area contributed by atoms with Gasteiger partial charge in [0.15, 0.2) is 0 Å². The third-order valence-corrected chi connectivity index (χ3v) is 2.59. The highest BCUT2D eigenvalue weighted by Crippen LogP contribution is 2.25. The molecule has 0 aliphatic heterocycles. The predicted molar refractivity (Wildman–Crippen MR) is 65.7 cm³/mol. The number of methoxy groups -OCH3 is 1. The molecule has 94 valence electrons. The van der Waals surface area contributed by atoms with Crippen molar-refractivity contribution in [1.82, 2.24) is 0 Å². The number of ether oxygens (including phenoxy) is 1. The van der Waals surface area contributed by atoms with Crippen molar-refractivity contribution in [2.24, 2.45) is 5.92 Å². The normalized spacial score (nSPS) is 12.0. The summed E-state index contributed by atoms with van der Waals surface area (Å²) in [4.78, 5) is 11.8. The molecule has 1 aromatic carbocycles. The lowest BCUT2D eigenvalue weighted by atomic mass is 10.1. The van der Waals surface area contributed by atoms with E-state index in [-0.39, 0.29) is 17.6 Å². The molecule has 0 saturated heterocycles. The van der Waals surface area contributed by atoms with Crippen molar-refractivity contribution in [3.8, 4) is 5.75 Å². The van der Waals surface area contributed by atoms with Gasteiger partial charge in [-0.25, -0.2) is 4.39 Å². The molecule has 1 N–H and O–H groups in total. The van der Waals surface area contributed by atoms with E-state index in [0.717, 1.165) is 12.8 Å². The monoisotopic (exact) mass is 239 g/mol. The van der Waals surface area contributed by atoms with Crippen molar-refractivity contribution in [1.29, 1.82) is 0 Å². The van der Waals surface area contributed by atoms with Crippen LogP contribution in [0.5, 0.6) is 5.75 Å². The second-order valence-electron chi connectivity index (χ2n) is 4.02. The van der Waals surface area contributed by atoms with Crippen LogP contribution >= 0.6 is 0 Å². The third-order valence-electron chi connectivity index (χ3n) is 2.59. The smallest absolute Gasteiger partial charge is 0.227 e. The first-order valence-corrected chi connectivity index (χ1v) is 5.72. The number of benzene rings is 1. The molecule has 1 atom stereocenters. The van der Waals surface area contributed by atoms with Crippen molar-refractivity contribution in [2.75, 3.05) is 12.4 Å². The van der Waals surface area contributed by atoms with E-state index < -0.39 is 0 Å². The van der Waals surface area contributed by atoms with Gasteiger partial charge in [-0.2, -0.15) is 0 Å². The zero-order valence-electron chi connectivity index (χ0n) is 10.4. The van der Waals surface area contributed by atoms with Crippen molar-refractivity contribution in [2.45, 2.75) is 26.7 Å². The Morgan fingerprint density at radius 1 is 1.53 bits per heavy atom. The predicted octanol–water partition coefficient (Wildman–Crippen LogP) is 3.21. The van der Waals surface area contributed by atoms with Crippen LogP contribution in [0.3, 0.4) is 0 Å². The van der Waals surface area contributed by atoms with Crippen molar-refractivity contribution < 1.29 is 13.9 Å². The second kappa shape index (κ2) is 6.23. The number of hydrogen-bond acceptors (Lipinski definition) is 2. The molecular weight excluding hydrogens is 221 g/mol. The summed E-state index contributed by atoms with van der Waals surface area (Å²) >= 11 is 0. The topological polar surface area (TPSA) is 38.3 Å². The zero-order valence-corrected chi connectivity index (χ0v) is 10.4. The summed E-state index contributed by atoms with van der Waals surface area (Å²) in [6.07, 6.45) is 1.78. The Bertz CT molecular complexity index is 393. The number of nitrogens with one attached hydrogen (secondary N) is 1. The van der Waals surface area contributed by atoms with E-state index >= 15 is 0 Å². The Morgan fingerprint density at radius 2 is 2.24 bits per heavy atom. The van der Waals surface area contributed by atoms with Gasteiger partial charge in [0.05, 0.1) is 12.8 Å². The van der Waals surface area contributed by atoms with Crippen molar-refractivity contribution >= 4 is 11.6 Å². The SMILES string of the molecule is CCCC(C)C(=O)Nc1ccc(F)cc1OC. The molecule has 0 aliphatic carbocycles. The average Bonchev–Trinajstić information content (AvgIpc) is 2.31. The van der Waals surface area contributed by atoms with Crippen LogP contribution in [0.2, 0.25) is 0 Å². The summed E-state index contributed by atoms with van der Waals surface area (Å²) in [6, 6.07) is 4.05. The Labute approximate surface area is 101 Å². The number of carbonyl (C=O) groups excluding carboxylic acids is 1. The van der Waals surface area contributed by atoms with E-state index in [4.69, 9.17) is 4.74 Å². The molecule has 0 spiro atoms. The lowest BCUT2D eigenvalue weighted by molar-refractivity contribution is -0.119. The molecule has 1 unspecified atom stereocenters. The van der Waals surface area contributed by atoms with E-state index in [1.165, 1.54) is 25.3 Å². The maximum Gasteiger partial charge on any atom is 0.227 e. The van der Waals surface area contributed by atoms with E-state index in [1.807, 2.05) is 13.8 Å². The van der Waals surface area contributed by atoms with Crippen LogP contribution in [-0.2, 0) is 4.79 Å². The summed E-state index contributed by atoms with van der Waals surface area (Å²) < 4.78 is 18.0. The third kappa shape index (κ3) is 3.73. The molecule has 17 heavy (non-hydrogen) atoms. The van der Waals surface area contributed by atoms with Crippen LogP contribution in [0.1, 0.15) is 26.7 Å². The summed E-state index contributed by atoms with van der Waals surface area (Å²) in [7, 11) is 1.44. The van der Waals surface area contributed by atoms with Crippen LogP contribution in [0.25, 0.3) is 0 Å². The number of halogens is 1. The summed E-state index contributed by atoms with van der Waals surface area (Å²) in [6.45, 7) is 3.90. The summed E-state index contributed by atoms with van der Waals surface area (Å²) in [5.74, 6) is -0.185. The number of hydrogen-bond donors (Lipinski definition) is 1. The number of carbonyl (C=O) groups is 1. The molecular formula is C13H18FNO2. The maximum atomic E-state index is 13.0. The van der Waals surface area contributed by atoms with Gasteiger partial charge in [-0.1, -0.05) is 20.3 Å². The molecule has 0 heterocycles. The average molecular weight is 239 g/mol. The van der Waals surface area contributed by atoms with Gasteiger partial charge in [0.2, 0.25) is 5.91 Å². The highest BCUT2D eigenvalue weighted by molar-refractivity contribution is 5.93. The highest BCUT2D eigenvalue weighted by atomic mass is 19.1. The molecule has 0 bridgehead atoms. The standard InChI is InChI=1S/C13H18FNO2/c1-4-5-9(2)13(16)15-11-7-6-10(14)8-12(11)17-3/h6-9H,4-5H2,1-3H3,(H,15,16). The van der Waals surface area contributed by atoms with Crippen molar-refractivity contribution in [3.05, 3.63) is 24.0 Å². The molecule has 0 aromatic heterocycles. The number of amides is 1. The summed E-state index contributed by atoms with van der Waals surface area (Å²) in [5.41, 5.74) is 0.502. The van der Waals surface area contributed by atoms with E-state index in [1.54, 1.807) is 0 Å². The Morgan fingerprint density at radius 3 is 2.82 bits per heavy atom. The Hall–Kier alpha value is -1.58. The van der Waals surface area contributed by atoms with Crippen LogP contribution < -0.4 is 10.1 Å². The van der Waals surface area contributed by atoms with Crippen molar-refractivity contribution in [3.63, 3.8) is 0 Å². The number of rotatable bonds is 5. The molecule has 0 aliphatic rings. The lowest BCUT2D eigenvalue weighted by Gasteiger charge is -2.13. The van der Waals surface area contributed by atoms with Gasteiger partial charge in [-0.15, -0.1) is 0 Å². The second-order valence-corrected chi connectivity index (χ2v) is 4.02. The first kappa shape index (κ1) is 13.5. The van der Waals surface area contributed by atoms with Crippen LogP contribution in [-0.4, -0.2) is 13.0 Å². The molecule has 1 rings (SSSR count). The fourth-order valence-electron chi connectivity index (χ4n) is 1.59. The zero-order chi connectivity index (χ0) is 12.8. The molecule has 0 radical (unpaired) electrons. The Balaban J connectivity index is 2.77. The Kier molecular flexibility index (Phi) is 4.94. The minimum atomic E-state index is -0.388. The first-order valence-electron chi connectivity index (χ1n) is 5.72. The molecule has 1 aromatic rings. The minimum Gasteiger partial charge on any atom is -0.494 e. The quantitative estimate of drug-likeness (QED) is 0.856. The molecule has 0 saturated carbocycles. The van der Waals surface area contributed by atoms with Gasteiger partial charge in [0.1, 0.15) is 11.6 Å². The van der Waals surface area contributed by atoms with Crippen LogP contribution in [0, 0.1) is 11.7 Å².